The lowest BCUT2D eigenvalue weighted by Gasteiger charge is -2.17. The quantitative estimate of drug-likeness (QED) is 0.649. The van der Waals surface area contributed by atoms with E-state index in [1.54, 1.807) is 46.8 Å². The largest absolute Gasteiger partial charge is 0.471 e. The van der Waals surface area contributed by atoms with Gasteiger partial charge in [-0.25, -0.2) is 18.7 Å². The van der Waals surface area contributed by atoms with E-state index in [-0.39, 0.29) is 23.6 Å². The van der Waals surface area contributed by atoms with Crippen LogP contribution in [0.3, 0.4) is 0 Å². The molecule has 2 amide bonds. The zero-order valence-corrected chi connectivity index (χ0v) is 18.5. The van der Waals surface area contributed by atoms with Gasteiger partial charge in [-0.05, 0) is 44.5 Å². The van der Waals surface area contributed by atoms with E-state index >= 15 is 0 Å². The maximum atomic E-state index is 13.0. The van der Waals surface area contributed by atoms with Crippen LogP contribution in [0.2, 0.25) is 0 Å². The lowest BCUT2D eigenvalue weighted by molar-refractivity contribution is -0.118. The lowest BCUT2D eigenvalue weighted by Crippen LogP contribution is -2.27. The number of alkyl halides is 2. The highest BCUT2D eigenvalue weighted by atomic mass is 19.3. The van der Waals surface area contributed by atoms with Crippen molar-refractivity contribution in [1.29, 1.82) is 0 Å². The van der Waals surface area contributed by atoms with Crippen LogP contribution in [0.4, 0.5) is 14.6 Å². The van der Waals surface area contributed by atoms with Gasteiger partial charge in [0, 0.05) is 35.9 Å². The number of hydrogen-bond acceptors (Lipinski definition) is 5. The van der Waals surface area contributed by atoms with E-state index in [1.807, 2.05) is 0 Å². The van der Waals surface area contributed by atoms with Gasteiger partial charge in [0.05, 0.1) is 6.04 Å². The highest BCUT2D eigenvalue weighted by Crippen LogP contribution is 2.22. The number of nitrogens with one attached hydrogen (secondary N) is 2. The molecule has 0 aromatic carbocycles. The molecule has 0 aliphatic heterocycles. The summed E-state index contributed by atoms with van der Waals surface area (Å²) in [5.41, 5.74) is 2.22. The first-order chi connectivity index (χ1) is 14.4. The Bertz CT molecular complexity index is 958. The average Bonchev–Trinajstić information content (AvgIpc) is 2.65. The number of hydrogen-bond donors (Lipinski definition) is 2. The Morgan fingerprint density at radius 1 is 1.16 bits per heavy atom. The summed E-state index contributed by atoms with van der Waals surface area (Å²) in [6.45, 7) is 8.76. The van der Waals surface area contributed by atoms with Crippen molar-refractivity contribution in [3.8, 4) is 5.88 Å². The minimum absolute atomic E-state index is 0.124. The van der Waals surface area contributed by atoms with Gasteiger partial charge in [-0.3, -0.25) is 9.59 Å². The van der Waals surface area contributed by atoms with Gasteiger partial charge in [-0.1, -0.05) is 13.8 Å². The van der Waals surface area contributed by atoms with Crippen molar-refractivity contribution in [2.24, 2.45) is 5.92 Å². The molecule has 31 heavy (non-hydrogen) atoms. The van der Waals surface area contributed by atoms with Crippen LogP contribution in [0.5, 0.6) is 5.88 Å². The third-order valence-corrected chi connectivity index (χ3v) is 4.35. The number of anilines is 1. The van der Waals surface area contributed by atoms with Crippen molar-refractivity contribution >= 4 is 17.6 Å². The fraction of sp³-hybridized carbons (Fsp3) is 0.455. The Morgan fingerprint density at radius 2 is 1.84 bits per heavy atom. The summed E-state index contributed by atoms with van der Waals surface area (Å²) in [7, 11) is 0. The smallest absolute Gasteiger partial charge is 0.278 e. The van der Waals surface area contributed by atoms with Gasteiger partial charge in [0.1, 0.15) is 5.82 Å². The van der Waals surface area contributed by atoms with Crippen molar-refractivity contribution < 1.29 is 23.1 Å². The molecule has 0 aliphatic rings. The molecule has 2 rings (SSSR count). The van der Waals surface area contributed by atoms with Crippen LogP contribution in [0.1, 0.15) is 60.9 Å². The van der Waals surface area contributed by atoms with Crippen molar-refractivity contribution in [2.75, 3.05) is 11.9 Å². The second-order valence-electron chi connectivity index (χ2n) is 7.97. The highest BCUT2D eigenvalue weighted by molar-refractivity contribution is 5.97. The third-order valence-electron chi connectivity index (χ3n) is 4.35. The number of aryl methyl sites for hydroxylation is 2. The zero-order valence-electron chi connectivity index (χ0n) is 18.5. The zero-order chi connectivity index (χ0) is 23.3. The Kier molecular flexibility index (Phi) is 7.65. The summed E-state index contributed by atoms with van der Waals surface area (Å²) < 4.78 is 31.1. The fourth-order valence-electron chi connectivity index (χ4n) is 2.66. The average molecular weight is 434 g/mol. The first-order valence-electron chi connectivity index (χ1n) is 9.93. The van der Waals surface area contributed by atoms with Crippen LogP contribution < -0.4 is 15.4 Å². The SMILES string of the molecule is Cc1cc(C(=O)NC(C)c2cnc(OCC(C)(F)F)c(C)c2)cc(NC(=O)C(C)C)n1. The number of aromatic nitrogens is 2. The minimum Gasteiger partial charge on any atom is -0.471 e. The number of carbonyl (C=O) groups is 2. The van der Waals surface area contributed by atoms with Gasteiger partial charge in [-0.2, -0.15) is 0 Å². The van der Waals surface area contributed by atoms with Gasteiger partial charge in [0.25, 0.3) is 11.8 Å². The van der Waals surface area contributed by atoms with Crippen LogP contribution in [-0.4, -0.2) is 34.3 Å². The second-order valence-corrected chi connectivity index (χ2v) is 7.97. The van der Waals surface area contributed by atoms with Gasteiger partial charge in [0.15, 0.2) is 6.61 Å². The van der Waals surface area contributed by atoms with Crippen molar-refractivity contribution in [3.63, 3.8) is 0 Å². The summed E-state index contributed by atoms with van der Waals surface area (Å²) in [6, 6.07) is 4.47. The molecule has 7 nitrogen and oxygen atoms in total. The van der Waals surface area contributed by atoms with Crippen molar-refractivity contribution in [1.82, 2.24) is 15.3 Å². The number of pyridine rings is 2. The predicted molar refractivity (Wildman–Crippen MR) is 113 cm³/mol. The number of nitrogens with zero attached hydrogens (tertiary/aromatic N) is 2. The lowest BCUT2D eigenvalue weighted by atomic mass is 10.1. The van der Waals surface area contributed by atoms with Crippen molar-refractivity contribution in [2.45, 2.75) is 53.5 Å². The molecule has 9 heteroatoms. The Balaban J connectivity index is 2.11. The van der Waals surface area contributed by atoms with E-state index in [0.717, 1.165) is 6.92 Å². The Hall–Kier alpha value is -3.10. The van der Waals surface area contributed by atoms with Crippen LogP contribution in [-0.2, 0) is 4.79 Å². The first kappa shape index (κ1) is 24.2. The van der Waals surface area contributed by atoms with E-state index < -0.39 is 18.6 Å². The molecule has 0 bridgehead atoms. The van der Waals surface area contributed by atoms with Gasteiger partial charge >= 0.3 is 0 Å². The number of amides is 2. The molecule has 0 aliphatic carbocycles. The van der Waals surface area contributed by atoms with E-state index in [1.165, 1.54) is 12.3 Å². The Morgan fingerprint density at radius 3 is 2.42 bits per heavy atom. The second kappa shape index (κ2) is 9.80. The Labute approximate surface area is 180 Å². The molecular weight excluding hydrogens is 406 g/mol. The standard InChI is InChI=1S/C22H28F2N4O3/c1-12(2)19(29)28-18-9-16(8-14(4)26-18)20(30)27-15(5)17-7-13(3)21(25-10-17)31-11-22(6,23)24/h7-10,12,15H,11H2,1-6H3,(H,27,30)(H,26,28,29). The summed E-state index contributed by atoms with van der Waals surface area (Å²) in [6.07, 6.45) is 1.48. The summed E-state index contributed by atoms with van der Waals surface area (Å²) in [5, 5.41) is 5.56. The third kappa shape index (κ3) is 7.27. The maximum Gasteiger partial charge on any atom is 0.278 e. The van der Waals surface area contributed by atoms with Crippen molar-refractivity contribution in [3.05, 3.63) is 46.8 Å². The molecule has 2 aromatic rings. The molecule has 0 radical (unpaired) electrons. The molecule has 0 saturated carbocycles. The van der Waals surface area contributed by atoms with Crippen LogP contribution >= 0.6 is 0 Å². The maximum absolute atomic E-state index is 13.0. The normalized spacial score (nSPS) is 12.4. The fourth-order valence-corrected chi connectivity index (χ4v) is 2.66. The topological polar surface area (TPSA) is 93.2 Å². The molecule has 0 spiro atoms. The van der Waals surface area contributed by atoms with Crippen LogP contribution in [0.15, 0.2) is 24.4 Å². The molecule has 2 aromatic heterocycles. The van der Waals surface area contributed by atoms with Gasteiger partial charge < -0.3 is 15.4 Å². The minimum atomic E-state index is -2.95. The molecule has 1 unspecified atom stereocenters. The van der Waals surface area contributed by atoms with E-state index in [9.17, 15) is 18.4 Å². The number of halogens is 2. The van der Waals surface area contributed by atoms with Gasteiger partial charge in [-0.15, -0.1) is 0 Å². The van der Waals surface area contributed by atoms with Gasteiger partial charge in [0.2, 0.25) is 11.8 Å². The van der Waals surface area contributed by atoms with E-state index in [2.05, 4.69) is 20.6 Å². The highest BCUT2D eigenvalue weighted by Gasteiger charge is 2.23. The molecule has 1 atom stereocenters. The number of carbonyl (C=O) groups excluding carboxylic acids is 2. The number of rotatable bonds is 8. The van der Waals surface area contributed by atoms with E-state index in [0.29, 0.717) is 28.2 Å². The molecule has 0 fully saturated rings. The molecule has 2 heterocycles. The monoisotopic (exact) mass is 434 g/mol. The molecular formula is C22H28F2N4O3. The van der Waals surface area contributed by atoms with Crippen LogP contribution in [0, 0.1) is 19.8 Å². The summed E-state index contributed by atoms with van der Waals surface area (Å²) in [4.78, 5) is 33.0. The van der Waals surface area contributed by atoms with Crippen LogP contribution in [0.25, 0.3) is 0 Å². The molecule has 168 valence electrons. The summed E-state index contributed by atoms with van der Waals surface area (Å²) in [5.74, 6) is -3.28. The number of ether oxygens (including phenoxy) is 1. The predicted octanol–water partition coefficient (Wildman–Crippen LogP) is 4.21. The van der Waals surface area contributed by atoms with E-state index in [4.69, 9.17) is 4.74 Å². The summed E-state index contributed by atoms with van der Waals surface area (Å²) >= 11 is 0. The molecule has 0 saturated heterocycles. The molecule has 2 N–H and O–H groups in total. The first-order valence-corrected chi connectivity index (χ1v) is 9.93.